The fraction of sp³-hybridized carbons (Fsp3) is 0.353. The predicted molar refractivity (Wildman–Crippen MR) is 84.8 cm³/mol. The second-order valence-electron chi connectivity index (χ2n) is 6.04. The molecule has 0 unspecified atom stereocenters. The number of halogens is 1. The third kappa shape index (κ3) is 2.30. The molecule has 0 spiro atoms. The highest BCUT2D eigenvalue weighted by Crippen LogP contribution is 2.29. The lowest BCUT2D eigenvalue weighted by molar-refractivity contribution is 0.0931. The SMILES string of the molecule is O=C(N[C@@H]1C[C@H]2CC[C@@H]1N2)c1ccc2cccc(Cl)c2c1. The molecule has 0 saturated carbocycles. The zero-order chi connectivity index (χ0) is 14.4. The molecule has 3 atom stereocenters. The largest absolute Gasteiger partial charge is 0.348 e. The maximum absolute atomic E-state index is 12.4. The number of hydrogen-bond acceptors (Lipinski definition) is 2. The number of carbonyl (C=O) groups excluding carboxylic acids is 1. The highest BCUT2D eigenvalue weighted by molar-refractivity contribution is 6.35. The van der Waals surface area contributed by atoms with E-state index < -0.39 is 0 Å². The Labute approximate surface area is 128 Å². The van der Waals surface area contributed by atoms with Crippen molar-refractivity contribution in [3.05, 3.63) is 47.0 Å². The van der Waals surface area contributed by atoms with E-state index in [2.05, 4.69) is 10.6 Å². The van der Waals surface area contributed by atoms with Crippen LogP contribution >= 0.6 is 11.6 Å². The molecule has 2 heterocycles. The Morgan fingerprint density at radius 2 is 2.14 bits per heavy atom. The highest BCUT2D eigenvalue weighted by Gasteiger charge is 2.39. The molecule has 2 aromatic carbocycles. The number of benzene rings is 2. The Morgan fingerprint density at radius 1 is 1.24 bits per heavy atom. The van der Waals surface area contributed by atoms with Crippen LogP contribution in [0, 0.1) is 0 Å². The average molecular weight is 301 g/mol. The first-order valence-electron chi connectivity index (χ1n) is 7.46. The summed E-state index contributed by atoms with van der Waals surface area (Å²) in [5.74, 6) is -0.00355. The fourth-order valence-electron chi connectivity index (χ4n) is 3.61. The van der Waals surface area contributed by atoms with Crippen molar-refractivity contribution in [1.29, 1.82) is 0 Å². The zero-order valence-electron chi connectivity index (χ0n) is 11.6. The first kappa shape index (κ1) is 13.1. The maximum Gasteiger partial charge on any atom is 0.251 e. The first-order valence-corrected chi connectivity index (χ1v) is 7.84. The number of rotatable bonds is 2. The van der Waals surface area contributed by atoms with Gasteiger partial charge in [0, 0.05) is 34.1 Å². The highest BCUT2D eigenvalue weighted by atomic mass is 35.5. The molecule has 21 heavy (non-hydrogen) atoms. The monoisotopic (exact) mass is 300 g/mol. The lowest BCUT2D eigenvalue weighted by atomic mass is 9.95. The molecular formula is C17H17ClN2O. The smallest absolute Gasteiger partial charge is 0.251 e. The summed E-state index contributed by atoms with van der Waals surface area (Å²) in [6.45, 7) is 0. The van der Waals surface area contributed by atoms with Gasteiger partial charge in [0.1, 0.15) is 0 Å². The van der Waals surface area contributed by atoms with Crippen LogP contribution in [0.4, 0.5) is 0 Å². The van der Waals surface area contributed by atoms with E-state index in [1.54, 1.807) is 0 Å². The molecule has 0 aromatic heterocycles. The van der Waals surface area contributed by atoms with Gasteiger partial charge < -0.3 is 10.6 Å². The molecule has 108 valence electrons. The average Bonchev–Trinajstić information content (AvgIpc) is 3.10. The maximum atomic E-state index is 12.4. The minimum absolute atomic E-state index is 0.00355. The summed E-state index contributed by atoms with van der Waals surface area (Å²) in [6.07, 6.45) is 3.45. The van der Waals surface area contributed by atoms with Crippen molar-refractivity contribution in [2.24, 2.45) is 0 Å². The molecule has 2 N–H and O–H groups in total. The van der Waals surface area contributed by atoms with Gasteiger partial charge in [-0.2, -0.15) is 0 Å². The van der Waals surface area contributed by atoms with Crippen LogP contribution in [0.2, 0.25) is 5.02 Å². The topological polar surface area (TPSA) is 41.1 Å². The molecular weight excluding hydrogens is 284 g/mol. The minimum atomic E-state index is -0.00355. The molecule has 3 nitrogen and oxygen atoms in total. The van der Waals surface area contributed by atoms with Gasteiger partial charge in [0.05, 0.1) is 0 Å². The van der Waals surface area contributed by atoms with Gasteiger partial charge in [0.2, 0.25) is 0 Å². The van der Waals surface area contributed by atoms with Gasteiger partial charge in [-0.3, -0.25) is 4.79 Å². The van der Waals surface area contributed by atoms with Crippen molar-refractivity contribution in [3.8, 4) is 0 Å². The van der Waals surface area contributed by atoms with Gasteiger partial charge in [-0.25, -0.2) is 0 Å². The van der Waals surface area contributed by atoms with Crippen molar-refractivity contribution in [2.75, 3.05) is 0 Å². The van der Waals surface area contributed by atoms with Crippen molar-refractivity contribution in [2.45, 2.75) is 37.4 Å². The minimum Gasteiger partial charge on any atom is -0.348 e. The summed E-state index contributed by atoms with van der Waals surface area (Å²) in [5, 5.41) is 9.37. The summed E-state index contributed by atoms with van der Waals surface area (Å²) in [6, 6.07) is 12.8. The van der Waals surface area contributed by atoms with Crippen molar-refractivity contribution >= 4 is 28.3 Å². The standard InChI is InChI=1S/C17H17ClN2O/c18-14-3-1-2-10-4-5-11(8-13(10)14)17(21)20-16-9-12-6-7-15(16)19-12/h1-5,8,12,15-16,19H,6-7,9H2,(H,20,21)/t12-,15+,16-/m1/s1. The third-order valence-electron chi connectivity index (χ3n) is 4.71. The summed E-state index contributed by atoms with van der Waals surface area (Å²) >= 11 is 6.21. The molecule has 0 aliphatic carbocycles. The van der Waals surface area contributed by atoms with E-state index in [9.17, 15) is 4.79 Å². The zero-order valence-corrected chi connectivity index (χ0v) is 12.4. The van der Waals surface area contributed by atoms with Crippen LogP contribution in [-0.4, -0.2) is 24.0 Å². The quantitative estimate of drug-likeness (QED) is 0.895. The molecule has 2 fully saturated rings. The molecule has 2 aliphatic heterocycles. The van der Waals surface area contributed by atoms with Gasteiger partial charge in [0.15, 0.2) is 0 Å². The van der Waals surface area contributed by atoms with Crippen molar-refractivity contribution in [3.63, 3.8) is 0 Å². The van der Waals surface area contributed by atoms with Gasteiger partial charge in [-0.15, -0.1) is 0 Å². The van der Waals surface area contributed by atoms with E-state index in [1.165, 1.54) is 12.8 Å². The van der Waals surface area contributed by atoms with Gasteiger partial charge in [0.25, 0.3) is 5.91 Å². The van der Waals surface area contributed by atoms with Crippen molar-refractivity contribution < 1.29 is 4.79 Å². The molecule has 0 radical (unpaired) electrons. The molecule has 4 rings (SSSR count). The van der Waals surface area contributed by atoms with Crippen LogP contribution < -0.4 is 10.6 Å². The van der Waals surface area contributed by atoms with E-state index in [0.717, 1.165) is 17.2 Å². The number of hydrogen-bond donors (Lipinski definition) is 2. The summed E-state index contributed by atoms with van der Waals surface area (Å²) in [5.41, 5.74) is 0.679. The lowest BCUT2D eigenvalue weighted by Crippen LogP contribution is -2.42. The predicted octanol–water partition coefficient (Wildman–Crippen LogP) is 3.12. The van der Waals surface area contributed by atoms with Crippen LogP contribution in [0.3, 0.4) is 0 Å². The Balaban J connectivity index is 1.58. The summed E-state index contributed by atoms with van der Waals surface area (Å²) in [7, 11) is 0. The fourth-order valence-corrected chi connectivity index (χ4v) is 3.85. The Morgan fingerprint density at radius 3 is 2.90 bits per heavy atom. The third-order valence-corrected chi connectivity index (χ3v) is 5.04. The molecule has 2 aromatic rings. The van der Waals surface area contributed by atoms with E-state index in [0.29, 0.717) is 22.7 Å². The first-order chi connectivity index (χ1) is 10.2. The van der Waals surface area contributed by atoms with E-state index >= 15 is 0 Å². The Bertz CT molecular complexity index is 715. The number of amides is 1. The number of carbonyl (C=O) groups is 1. The normalized spacial score (nSPS) is 27.2. The van der Waals surface area contributed by atoms with Crippen LogP contribution in [0.25, 0.3) is 10.8 Å². The van der Waals surface area contributed by atoms with Crippen molar-refractivity contribution in [1.82, 2.24) is 10.6 Å². The Kier molecular flexibility index (Phi) is 3.12. The lowest BCUT2D eigenvalue weighted by Gasteiger charge is -2.21. The molecule has 2 bridgehead atoms. The Hall–Kier alpha value is -1.58. The molecule has 2 aliphatic rings. The summed E-state index contributed by atoms with van der Waals surface area (Å²) in [4.78, 5) is 12.4. The molecule has 4 heteroatoms. The van der Waals surface area contributed by atoms with Crippen LogP contribution in [0.1, 0.15) is 29.6 Å². The van der Waals surface area contributed by atoms with E-state index in [4.69, 9.17) is 11.6 Å². The summed E-state index contributed by atoms with van der Waals surface area (Å²) < 4.78 is 0. The van der Waals surface area contributed by atoms with Crippen LogP contribution in [0.5, 0.6) is 0 Å². The second-order valence-corrected chi connectivity index (χ2v) is 6.45. The van der Waals surface area contributed by atoms with E-state index in [-0.39, 0.29) is 11.9 Å². The van der Waals surface area contributed by atoms with E-state index in [1.807, 2.05) is 36.4 Å². The van der Waals surface area contributed by atoms with Gasteiger partial charge in [-0.05, 0) is 42.8 Å². The van der Waals surface area contributed by atoms with Crippen LogP contribution in [0.15, 0.2) is 36.4 Å². The second kappa shape index (κ2) is 5.00. The molecule has 1 amide bonds. The van der Waals surface area contributed by atoms with Crippen LogP contribution in [-0.2, 0) is 0 Å². The number of fused-ring (bicyclic) bond motifs is 3. The van der Waals surface area contributed by atoms with Gasteiger partial charge in [-0.1, -0.05) is 29.8 Å². The van der Waals surface area contributed by atoms with Gasteiger partial charge >= 0.3 is 0 Å². The number of nitrogens with one attached hydrogen (secondary N) is 2. The molecule has 2 saturated heterocycles.